The normalized spacial score (nSPS) is 10.8. The largest absolute Gasteiger partial charge is 0.357 e. The van der Waals surface area contributed by atoms with Gasteiger partial charge in [0.15, 0.2) is 0 Å². The van der Waals surface area contributed by atoms with Crippen LogP contribution in [0.2, 0.25) is 0 Å². The Morgan fingerprint density at radius 3 is 2.92 bits per heavy atom. The summed E-state index contributed by atoms with van der Waals surface area (Å²) in [6.45, 7) is 0.987. The van der Waals surface area contributed by atoms with Gasteiger partial charge in [0.2, 0.25) is 0 Å². The van der Waals surface area contributed by atoms with Crippen LogP contribution in [0.3, 0.4) is 0 Å². The Kier molecular flexibility index (Phi) is 2.11. The van der Waals surface area contributed by atoms with Gasteiger partial charge in [-0.2, -0.15) is 0 Å². The van der Waals surface area contributed by atoms with Crippen LogP contribution in [0, 0.1) is 0 Å². The predicted octanol–water partition coefficient (Wildman–Crippen LogP) is 1.69. The van der Waals surface area contributed by atoms with Crippen molar-refractivity contribution in [2.75, 3.05) is 6.54 Å². The molecule has 1 nitrogen and oxygen atoms in total. The fourth-order valence-corrected chi connectivity index (χ4v) is 2.41. The Hall–Kier alpha value is -0.860. The highest BCUT2D eigenvalue weighted by molar-refractivity contribution is 7.17. The Morgan fingerprint density at radius 2 is 2.08 bits per heavy atom. The van der Waals surface area contributed by atoms with E-state index < -0.39 is 0 Å². The molecule has 1 aromatic carbocycles. The first-order chi connectivity index (χ1) is 5.92. The van der Waals surface area contributed by atoms with Crippen molar-refractivity contribution in [1.82, 2.24) is 0 Å². The second-order valence-electron chi connectivity index (χ2n) is 2.86. The lowest BCUT2D eigenvalue weighted by atomic mass is 10.1. The minimum absolute atomic E-state index is 0.987. The number of quaternary nitrogens is 1. The zero-order valence-corrected chi connectivity index (χ0v) is 7.73. The van der Waals surface area contributed by atoms with E-state index in [1.807, 2.05) is 11.3 Å². The van der Waals surface area contributed by atoms with Crippen molar-refractivity contribution < 1.29 is 5.73 Å². The Bertz CT molecular complexity index is 378. The molecule has 12 heavy (non-hydrogen) atoms. The molecule has 0 unspecified atom stereocenters. The summed E-state index contributed by atoms with van der Waals surface area (Å²) in [5.74, 6) is 0. The van der Waals surface area contributed by atoms with Crippen LogP contribution in [-0.2, 0) is 6.42 Å². The third-order valence-corrected chi connectivity index (χ3v) is 3.02. The van der Waals surface area contributed by atoms with Crippen LogP contribution in [0.15, 0.2) is 29.6 Å². The van der Waals surface area contributed by atoms with Crippen LogP contribution in [0.4, 0.5) is 0 Å². The summed E-state index contributed by atoms with van der Waals surface area (Å²) in [7, 11) is 0. The molecular formula is C10H12NS+. The molecule has 0 spiro atoms. The van der Waals surface area contributed by atoms with E-state index in [4.69, 9.17) is 0 Å². The van der Waals surface area contributed by atoms with E-state index >= 15 is 0 Å². The third kappa shape index (κ3) is 1.24. The van der Waals surface area contributed by atoms with E-state index in [2.05, 4.69) is 35.4 Å². The Labute approximate surface area is 75.8 Å². The molecule has 1 heterocycles. The maximum absolute atomic E-state index is 3.87. The quantitative estimate of drug-likeness (QED) is 0.724. The zero-order chi connectivity index (χ0) is 8.39. The van der Waals surface area contributed by atoms with Gasteiger partial charge in [0.1, 0.15) is 0 Å². The van der Waals surface area contributed by atoms with Crippen LogP contribution in [0.25, 0.3) is 10.1 Å². The van der Waals surface area contributed by atoms with Gasteiger partial charge < -0.3 is 5.73 Å². The Morgan fingerprint density at radius 1 is 1.25 bits per heavy atom. The molecule has 0 saturated carbocycles. The van der Waals surface area contributed by atoms with Gasteiger partial charge in [-0.25, -0.2) is 0 Å². The lowest BCUT2D eigenvalue weighted by Gasteiger charge is -1.92. The van der Waals surface area contributed by atoms with Gasteiger partial charge in [0.05, 0.1) is 6.54 Å². The number of fused-ring (bicyclic) bond motifs is 1. The molecule has 1 aromatic heterocycles. The first-order valence-corrected chi connectivity index (χ1v) is 5.04. The summed E-state index contributed by atoms with van der Waals surface area (Å²) in [6.07, 6.45) is 1.10. The maximum atomic E-state index is 3.87. The van der Waals surface area contributed by atoms with E-state index in [0.717, 1.165) is 13.0 Å². The van der Waals surface area contributed by atoms with Gasteiger partial charge in [-0.05, 0) is 22.4 Å². The molecule has 0 aliphatic carbocycles. The molecule has 0 fully saturated rings. The predicted molar refractivity (Wildman–Crippen MR) is 53.3 cm³/mol. The van der Waals surface area contributed by atoms with E-state index in [0.29, 0.717) is 0 Å². The second kappa shape index (κ2) is 3.25. The molecule has 0 aliphatic rings. The molecule has 3 N–H and O–H groups in total. The Balaban J connectivity index is 2.55. The summed E-state index contributed by atoms with van der Waals surface area (Å²) in [5, 5.41) is 3.65. The van der Waals surface area contributed by atoms with Crippen LogP contribution in [-0.4, -0.2) is 6.54 Å². The van der Waals surface area contributed by atoms with Crippen molar-refractivity contribution in [2.24, 2.45) is 0 Å². The maximum Gasteiger partial charge on any atom is 0.0781 e. The van der Waals surface area contributed by atoms with Crippen LogP contribution in [0.1, 0.15) is 5.56 Å². The summed E-state index contributed by atoms with van der Waals surface area (Å²) < 4.78 is 1.39. The topological polar surface area (TPSA) is 27.6 Å². The van der Waals surface area contributed by atoms with Crippen LogP contribution < -0.4 is 5.73 Å². The van der Waals surface area contributed by atoms with Crippen molar-refractivity contribution in [3.63, 3.8) is 0 Å². The van der Waals surface area contributed by atoms with Crippen molar-refractivity contribution >= 4 is 21.4 Å². The zero-order valence-electron chi connectivity index (χ0n) is 6.92. The number of thiophene rings is 1. The molecule has 2 rings (SSSR count). The van der Waals surface area contributed by atoms with Gasteiger partial charge in [0, 0.05) is 11.1 Å². The highest BCUT2D eigenvalue weighted by Crippen LogP contribution is 2.25. The van der Waals surface area contributed by atoms with Crippen molar-refractivity contribution in [1.29, 1.82) is 0 Å². The molecule has 62 valence electrons. The number of benzene rings is 1. The molecule has 2 heteroatoms. The van der Waals surface area contributed by atoms with Gasteiger partial charge in [-0.1, -0.05) is 18.2 Å². The fourth-order valence-electron chi connectivity index (χ4n) is 1.42. The first kappa shape index (κ1) is 7.77. The highest BCUT2D eigenvalue weighted by atomic mass is 32.1. The second-order valence-corrected chi connectivity index (χ2v) is 3.77. The fraction of sp³-hybridized carbons (Fsp3) is 0.200. The monoisotopic (exact) mass is 178 g/mol. The van der Waals surface area contributed by atoms with E-state index in [-0.39, 0.29) is 0 Å². The first-order valence-electron chi connectivity index (χ1n) is 4.16. The van der Waals surface area contributed by atoms with Crippen molar-refractivity contribution in [3.8, 4) is 0 Å². The lowest BCUT2D eigenvalue weighted by molar-refractivity contribution is -0.366. The van der Waals surface area contributed by atoms with E-state index in [1.54, 1.807) is 0 Å². The molecule has 0 saturated heterocycles. The molecule has 0 bridgehead atoms. The average Bonchev–Trinajstić information content (AvgIpc) is 2.50. The van der Waals surface area contributed by atoms with E-state index in [9.17, 15) is 0 Å². The van der Waals surface area contributed by atoms with Gasteiger partial charge in [0.25, 0.3) is 0 Å². The number of rotatable bonds is 2. The molecule has 0 aliphatic heterocycles. The molecule has 2 aromatic rings. The standard InChI is InChI=1S/C10H11NS/c11-6-5-8-7-12-10-4-2-1-3-9(8)10/h1-4,7H,5-6,11H2/p+1. The summed E-state index contributed by atoms with van der Waals surface area (Å²) >= 11 is 1.83. The van der Waals surface area contributed by atoms with Gasteiger partial charge in [-0.3, -0.25) is 0 Å². The van der Waals surface area contributed by atoms with Gasteiger partial charge in [-0.15, -0.1) is 11.3 Å². The lowest BCUT2D eigenvalue weighted by Crippen LogP contribution is -2.51. The third-order valence-electron chi connectivity index (χ3n) is 2.01. The van der Waals surface area contributed by atoms with Crippen LogP contribution in [0.5, 0.6) is 0 Å². The number of hydrogen-bond acceptors (Lipinski definition) is 1. The molecular weight excluding hydrogens is 166 g/mol. The van der Waals surface area contributed by atoms with Crippen molar-refractivity contribution in [2.45, 2.75) is 6.42 Å². The molecule has 0 amide bonds. The van der Waals surface area contributed by atoms with E-state index in [1.165, 1.54) is 15.6 Å². The summed E-state index contributed by atoms with van der Waals surface area (Å²) in [5.41, 5.74) is 5.32. The molecule has 0 atom stereocenters. The molecule has 0 radical (unpaired) electrons. The SMILES string of the molecule is [NH3+]CCc1csc2ccccc12. The summed E-state index contributed by atoms with van der Waals surface area (Å²) in [4.78, 5) is 0. The van der Waals surface area contributed by atoms with Gasteiger partial charge >= 0.3 is 0 Å². The average molecular weight is 178 g/mol. The smallest absolute Gasteiger partial charge is 0.0781 e. The minimum atomic E-state index is 0.987. The van der Waals surface area contributed by atoms with Crippen molar-refractivity contribution in [3.05, 3.63) is 35.2 Å². The summed E-state index contributed by atoms with van der Waals surface area (Å²) in [6, 6.07) is 8.55. The minimum Gasteiger partial charge on any atom is -0.357 e. The highest BCUT2D eigenvalue weighted by Gasteiger charge is 2.01. The number of hydrogen-bond donors (Lipinski definition) is 1. The van der Waals surface area contributed by atoms with Crippen LogP contribution >= 0.6 is 11.3 Å².